The molecule has 27 heavy (non-hydrogen) atoms. The Morgan fingerprint density at radius 3 is 2.41 bits per heavy atom. The average Bonchev–Trinajstić information content (AvgIpc) is 2.63. The third-order valence-electron chi connectivity index (χ3n) is 4.33. The minimum absolute atomic E-state index is 0.206. The summed E-state index contributed by atoms with van der Waals surface area (Å²) in [5.41, 5.74) is 3.02. The quantitative estimate of drug-likeness (QED) is 0.773. The maximum absolute atomic E-state index is 12.6. The molecular weight excluding hydrogens is 340 g/mol. The van der Waals surface area contributed by atoms with E-state index in [1.807, 2.05) is 45.9 Å². The van der Waals surface area contributed by atoms with Crippen molar-refractivity contribution in [2.75, 3.05) is 11.9 Å². The molecule has 144 valence electrons. The Morgan fingerprint density at radius 2 is 1.70 bits per heavy atom. The molecule has 0 spiro atoms. The first-order valence-corrected chi connectivity index (χ1v) is 9.20. The van der Waals surface area contributed by atoms with Gasteiger partial charge in [0.1, 0.15) is 5.75 Å². The van der Waals surface area contributed by atoms with Crippen molar-refractivity contribution < 1.29 is 14.3 Å². The number of hydrogen-bond acceptors (Lipinski definition) is 3. The Kier molecular flexibility index (Phi) is 6.99. The van der Waals surface area contributed by atoms with Gasteiger partial charge in [0.05, 0.1) is 11.3 Å². The van der Waals surface area contributed by atoms with Crippen molar-refractivity contribution in [1.82, 2.24) is 5.32 Å². The molecule has 0 aliphatic rings. The Hall–Kier alpha value is -2.82. The van der Waals surface area contributed by atoms with E-state index in [2.05, 4.69) is 10.6 Å². The molecule has 1 unspecified atom stereocenters. The number of anilines is 1. The number of ether oxygens (including phenoxy) is 1. The third-order valence-corrected chi connectivity index (χ3v) is 4.33. The Bertz CT molecular complexity index is 815. The van der Waals surface area contributed by atoms with Crippen LogP contribution in [0.3, 0.4) is 0 Å². The molecule has 2 rings (SSSR count). The monoisotopic (exact) mass is 368 g/mol. The van der Waals surface area contributed by atoms with E-state index in [0.29, 0.717) is 29.5 Å². The lowest BCUT2D eigenvalue weighted by Gasteiger charge is -2.18. The van der Waals surface area contributed by atoms with E-state index in [4.69, 9.17) is 4.74 Å². The number of amides is 2. The predicted octanol–water partition coefficient (Wildman–Crippen LogP) is 4.10. The lowest BCUT2D eigenvalue weighted by Crippen LogP contribution is -2.32. The molecule has 0 saturated carbocycles. The van der Waals surface area contributed by atoms with Crippen molar-refractivity contribution in [1.29, 1.82) is 0 Å². The fourth-order valence-electron chi connectivity index (χ4n) is 2.51. The molecule has 2 aromatic rings. The van der Waals surface area contributed by atoms with Gasteiger partial charge in [-0.15, -0.1) is 0 Å². The van der Waals surface area contributed by atoms with Crippen molar-refractivity contribution >= 4 is 17.5 Å². The molecule has 0 radical (unpaired) electrons. The van der Waals surface area contributed by atoms with Crippen LogP contribution >= 0.6 is 0 Å². The number of hydrogen-bond donors (Lipinski definition) is 2. The van der Waals surface area contributed by atoms with Crippen LogP contribution in [0.25, 0.3) is 0 Å². The zero-order valence-electron chi connectivity index (χ0n) is 16.6. The largest absolute Gasteiger partial charge is 0.481 e. The van der Waals surface area contributed by atoms with E-state index < -0.39 is 6.10 Å². The molecule has 0 saturated heterocycles. The molecule has 2 aromatic carbocycles. The summed E-state index contributed by atoms with van der Waals surface area (Å²) in [5.74, 6) is 0.519. The normalized spacial score (nSPS) is 11.8. The van der Waals surface area contributed by atoms with E-state index in [9.17, 15) is 9.59 Å². The SMILES string of the molecule is Cc1cccc(OC(C)C(=O)Nc2ccccc2C(=O)NCC(C)C)c1C. The van der Waals surface area contributed by atoms with Gasteiger partial charge in [-0.3, -0.25) is 9.59 Å². The van der Waals surface area contributed by atoms with Crippen LogP contribution in [0, 0.1) is 19.8 Å². The maximum Gasteiger partial charge on any atom is 0.265 e. The number of carbonyl (C=O) groups is 2. The summed E-state index contributed by atoms with van der Waals surface area (Å²) in [4.78, 5) is 25.0. The Balaban J connectivity index is 2.09. The van der Waals surface area contributed by atoms with Gasteiger partial charge in [-0.2, -0.15) is 0 Å². The minimum atomic E-state index is -0.697. The highest BCUT2D eigenvalue weighted by Crippen LogP contribution is 2.22. The van der Waals surface area contributed by atoms with Crippen LogP contribution in [0.5, 0.6) is 5.75 Å². The molecule has 2 amide bonds. The zero-order valence-corrected chi connectivity index (χ0v) is 16.6. The average molecular weight is 368 g/mol. The van der Waals surface area contributed by atoms with Crippen LogP contribution in [-0.2, 0) is 4.79 Å². The number of rotatable bonds is 7. The number of para-hydroxylation sites is 1. The highest BCUT2D eigenvalue weighted by molar-refractivity contribution is 6.04. The molecule has 0 aromatic heterocycles. The summed E-state index contributed by atoms with van der Waals surface area (Å²) in [6.07, 6.45) is -0.697. The van der Waals surface area contributed by atoms with Crippen molar-refractivity contribution in [3.8, 4) is 5.75 Å². The van der Waals surface area contributed by atoms with Crippen LogP contribution in [0.2, 0.25) is 0 Å². The fourth-order valence-corrected chi connectivity index (χ4v) is 2.51. The van der Waals surface area contributed by atoms with E-state index >= 15 is 0 Å². The highest BCUT2D eigenvalue weighted by atomic mass is 16.5. The summed E-state index contributed by atoms with van der Waals surface area (Å²) in [6.45, 7) is 10.3. The van der Waals surface area contributed by atoms with Crippen LogP contribution in [-0.4, -0.2) is 24.5 Å². The second-order valence-electron chi connectivity index (χ2n) is 7.10. The van der Waals surface area contributed by atoms with Crippen LogP contribution in [0.15, 0.2) is 42.5 Å². The van der Waals surface area contributed by atoms with Crippen molar-refractivity contribution in [2.24, 2.45) is 5.92 Å². The summed E-state index contributed by atoms with van der Waals surface area (Å²) < 4.78 is 5.83. The van der Waals surface area contributed by atoms with Crippen LogP contribution in [0.4, 0.5) is 5.69 Å². The van der Waals surface area contributed by atoms with Gasteiger partial charge in [0.15, 0.2) is 6.10 Å². The van der Waals surface area contributed by atoms with E-state index in [1.54, 1.807) is 31.2 Å². The predicted molar refractivity (Wildman–Crippen MR) is 108 cm³/mol. The lowest BCUT2D eigenvalue weighted by atomic mass is 10.1. The van der Waals surface area contributed by atoms with Gasteiger partial charge in [-0.1, -0.05) is 38.1 Å². The zero-order chi connectivity index (χ0) is 20.0. The molecule has 0 fully saturated rings. The summed E-state index contributed by atoms with van der Waals surface area (Å²) in [5, 5.41) is 5.68. The number of benzene rings is 2. The molecular formula is C22H28N2O3. The molecule has 0 bridgehead atoms. The Labute approximate surface area is 161 Å². The van der Waals surface area contributed by atoms with Gasteiger partial charge in [0, 0.05) is 6.54 Å². The maximum atomic E-state index is 12.6. The number of carbonyl (C=O) groups excluding carboxylic acids is 2. The van der Waals surface area contributed by atoms with Gasteiger partial charge in [0.25, 0.3) is 11.8 Å². The van der Waals surface area contributed by atoms with Crippen molar-refractivity contribution in [3.63, 3.8) is 0 Å². The summed E-state index contributed by atoms with van der Waals surface area (Å²) in [7, 11) is 0. The molecule has 1 atom stereocenters. The first kappa shape index (κ1) is 20.5. The number of nitrogens with one attached hydrogen (secondary N) is 2. The second-order valence-corrected chi connectivity index (χ2v) is 7.10. The molecule has 0 aliphatic heterocycles. The van der Waals surface area contributed by atoms with E-state index in [0.717, 1.165) is 11.1 Å². The van der Waals surface area contributed by atoms with Crippen LogP contribution in [0.1, 0.15) is 42.3 Å². The smallest absolute Gasteiger partial charge is 0.265 e. The minimum Gasteiger partial charge on any atom is -0.481 e. The summed E-state index contributed by atoms with van der Waals surface area (Å²) >= 11 is 0. The van der Waals surface area contributed by atoms with Crippen molar-refractivity contribution in [2.45, 2.75) is 40.7 Å². The molecule has 2 N–H and O–H groups in total. The molecule has 0 heterocycles. The molecule has 0 aliphatic carbocycles. The van der Waals surface area contributed by atoms with Gasteiger partial charge >= 0.3 is 0 Å². The standard InChI is InChI=1S/C22H28N2O3/c1-14(2)13-23-22(26)18-10-6-7-11-19(18)24-21(25)17(5)27-20-12-8-9-15(3)16(20)4/h6-12,14,17H,13H2,1-5H3,(H,23,26)(H,24,25). The van der Waals surface area contributed by atoms with E-state index in [-0.39, 0.29) is 11.8 Å². The lowest BCUT2D eigenvalue weighted by molar-refractivity contribution is -0.122. The fraction of sp³-hybridized carbons (Fsp3) is 0.364. The topological polar surface area (TPSA) is 67.4 Å². The van der Waals surface area contributed by atoms with Gasteiger partial charge in [-0.05, 0) is 56.0 Å². The third kappa shape index (κ3) is 5.58. The van der Waals surface area contributed by atoms with Gasteiger partial charge < -0.3 is 15.4 Å². The highest BCUT2D eigenvalue weighted by Gasteiger charge is 2.19. The second kappa shape index (κ2) is 9.21. The van der Waals surface area contributed by atoms with Crippen LogP contribution < -0.4 is 15.4 Å². The molecule has 5 heteroatoms. The molecule has 5 nitrogen and oxygen atoms in total. The number of aryl methyl sites for hydroxylation is 1. The van der Waals surface area contributed by atoms with Gasteiger partial charge in [0.2, 0.25) is 0 Å². The first-order chi connectivity index (χ1) is 12.8. The van der Waals surface area contributed by atoms with E-state index in [1.165, 1.54) is 0 Å². The van der Waals surface area contributed by atoms with Gasteiger partial charge in [-0.25, -0.2) is 0 Å². The summed E-state index contributed by atoms with van der Waals surface area (Å²) in [6, 6.07) is 12.7. The Morgan fingerprint density at radius 1 is 1.00 bits per heavy atom. The first-order valence-electron chi connectivity index (χ1n) is 9.20. The van der Waals surface area contributed by atoms with Crippen molar-refractivity contribution in [3.05, 3.63) is 59.2 Å².